The molecule has 0 aromatic rings. The quantitative estimate of drug-likeness (QED) is 0.763. The molecule has 0 saturated heterocycles. The van der Waals surface area contributed by atoms with Crippen LogP contribution in [0.15, 0.2) is 0 Å². The standard InChI is InChI=1S/C12H21NO2/c1-12(2)8-10(12)11(15)13(6-7-14)9-4-3-5-9/h9-10,14H,3-8H2,1-2H3. The van der Waals surface area contributed by atoms with Crippen LogP contribution < -0.4 is 0 Å². The lowest BCUT2D eigenvalue weighted by Gasteiger charge is -2.37. The van der Waals surface area contributed by atoms with E-state index in [1.54, 1.807) is 0 Å². The average Bonchev–Trinajstić information content (AvgIpc) is 2.70. The molecule has 86 valence electrons. The summed E-state index contributed by atoms with van der Waals surface area (Å²) in [7, 11) is 0. The molecule has 3 nitrogen and oxygen atoms in total. The summed E-state index contributed by atoms with van der Waals surface area (Å²) in [6.07, 6.45) is 4.49. The number of hydrogen-bond donors (Lipinski definition) is 1. The number of aliphatic hydroxyl groups is 1. The molecule has 2 aliphatic carbocycles. The number of nitrogens with zero attached hydrogens (tertiary/aromatic N) is 1. The second-order valence-corrected chi connectivity index (χ2v) is 5.59. The van der Waals surface area contributed by atoms with Gasteiger partial charge in [-0.1, -0.05) is 13.8 Å². The second kappa shape index (κ2) is 3.78. The number of amides is 1. The van der Waals surface area contributed by atoms with Crippen molar-refractivity contribution in [1.82, 2.24) is 4.90 Å². The van der Waals surface area contributed by atoms with Crippen LogP contribution in [-0.2, 0) is 4.79 Å². The van der Waals surface area contributed by atoms with Crippen LogP contribution in [0, 0.1) is 11.3 Å². The van der Waals surface area contributed by atoms with Gasteiger partial charge in [-0.3, -0.25) is 4.79 Å². The first kappa shape index (κ1) is 10.9. The summed E-state index contributed by atoms with van der Waals surface area (Å²) in [4.78, 5) is 14.1. The Balaban J connectivity index is 1.95. The highest BCUT2D eigenvalue weighted by Crippen LogP contribution is 2.52. The summed E-state index contributed by atoms with van der Waals surface area (Å²) in [5.41, 5.74) is 0.203. The van der Waals surface area contributed by atoms with E-state index >= 15 is 0 Å². The van der Waals surface area contributed by atoms with E-state index in [9.17, 15) is 4.79 Å². The molecular weight excluding hydrogens is 190 g/mol. The molecule has 0 aromatic carbocycles. The van der Waals surface area contributed by atoms with Crippen LogP contribution in [-0.4, -0.2) is 35.1 Å². The highest BCUT2D eigenvalue weighted by atomic mass is 16.3. The lowest BCUT2D eigenvalue weighted by atomic mass is 9.91. The van der Waals surface area contributed by atoms with E-state index in [0.29, 0.717) is 12.6 Å². The van der Waals surface area contributed by atoms with Crippen molar-refractivity contribution >= 4 is 5.91 Å². The van der Waals surface area contributed by atoms with Crippen LogP contribution in [0.5, 0.6) is 0 Å². The van der Waals surface area contributed by atoms with Gasteiger partial charge >= 0.3 is 0 Å². The molecule has 0 radical (unpaired) electrons. The maximum Gasteiger partial charge on any atom is 0.226 e. The summed E-state index contributed by atoms with van der Waals surface area (Å²) in [6.45, 7) is 4.91. The van der Waals surface area contributed by atoms with Crippen molar-refractivity contribution in [3.05, 3.63) is 0 Å². The van der Waals surface area contributed by atoms with Crippen LogP contribution in [0.4, 0.5) is 0 Å². The Morgan fingerprint density at radius 1 is 1.47 bits per heavy atom. The minimum absolute atomic E-state index is 0.0926. The molecule has 2 fully saturated rings. The maximum atomic E-state index is 12.2. The third-order valence-corrected chi connectivity index (χ3v) is 3.95. The maximum absolute atomic E-state index is 12.2. The van der Waals surface area contributed by atoms with Gasteiger partial charge in [-0.25, -0.2) is 0 Å². The van der Waals surface area contributed by atoms with Gasteiger partial charge in [-0.05, 0) is 31.1 Å². The van der Waals surface area contributed by atoms with Crippen molar-refractivity contribution in [3.63, 3.8) is 0 Å². The van der Waals surface area contributed by atoms with Gasteiger partial charge in [-0.15, -0.1) is 0 Å². The van der Waals surface area contributed by atoms with E-state index in [0.717, 1.165) is 19.3 Å². The number of hydrogen-bond acceptors (Lipinski definition) is 2. The first-order valence-electron chi connectivity index (χ1n) is 5.97. The molecule has 2 aliphatic rings. The molecule has 0 heterocycles. The summed E-state index contributed by atoms with van der Waals surface area (Å²) >= 11 is 0. The summed E-state index contributed by atoms with van der Waals surface area (Å²) < 4.78 is 0. The molecule has 0 bridgehead atoms. The molecule has 0 aliphatic heterocycles. The highest BCUT2D eigenvalue weighted by Gasteiger charge is 2.52. The predicted octanol–water partition coefficient (Wildman–Crippen LogP) is 1.41. The van der Waals surface area contributed by atoms with Crippen LogP contribution in [0.3, 0.4) is 0 Å². The molecular formula is C12H21NO2. The third-order valence-electron chi connectivity index (χ3n) is 3.95. The van der Waals surface area contributed by atoms with E-state index in [2.05, 4.69) is 13.8 Å². The number of aliphatic hydroxyl groups excluding tert-OH is 1. The van der Waals surface area contributed by atoms with E-state index in [1.165, 1.54) is 6.42 Å². The first-order valence-corrected chi connectivity index (χ1v) is 5.97. The van der Waals surface area contributed by atoms with Crippen LogP contribution in [0.1, 0.15) is 39.5 Å². The normalized spacial score (nSPS) is 28.3. The summed E-state index contributed by atoms with van der Waals surface area (Å²) in [5.74, 6) is 0.489. The fourth-order valence-electron chi connectivity index (χ4n) is 2.37. The van der Waals surface area contributed by atoms with E-state index in [4.69, 9.17) is 5.11 Å². The Kier molecular flexibility index (Phi) is 2.75. The second-order valence-electron chi connectivity index (χ2n) is 5.59. The van der Waals surface area contributed by atoms with Gasteiger partial charge in [0, 0.05) is 18.5 Å². The van der Waals surface area contributed by atoms with Crippen LogP contribution >= 0.6 is 0 Å². The first-order chi connectivity index (χ1) is 7.06. The largest absolute Gasteiger partial charge is 0.395 e. The Morgan fingerprint density at radius 3 is 2.40 bits per heavy atom. The Hall–Kier alpha value is -0.570. The molecule has 1 N–H and O–H groups in total. The Bertz CT molecular complexity index is 258. The van der Waals surface area contributed by atoms with Gasteiger partial charge in [0.05, 0.1) is 6.61 Å². The number of carbonyl (C=O) groups excluding carboxylic acids is 1. The Labute approximate surface area is 91.5 Å². The van der Waals surface area contributed by atoms with Crippen molar-refractivity contribution in [3.8, 4) is 0 Å². The molecule has 0 spiro atoms. The summed E-state index contributed by atoms with van der Waals surface area (Å²) in [5, 5.41) is 8.99. The van der Waals surface area contributed by atoms with E-state index in [1.807, 2.05) is 4.90 Å². The van der Waals surface area contributed by atoms with Gasteiger partial charge in [0.15, 0.2) is 0 Å². The molecule has 2 saturated carbocycles. The topological polar surface area (TPSA) is 40.5 Å². The number of carbonyl (C=O) groups is 1. The predicted molar refractivity (Wildman–Crippen MR) is 58.3 cm³/mol. The van der Waals surface area contributed by atoms with Crippen molar-refractivity contribution in [2.75, 3.05) is 13.2 Å². The van der Waals surface area contributed by atoms with Crippen LogP contribution in [0.25, 0.3) is 0 Å². The third kappa shape index (κ3) is 2.03. The Morgan fingerprint density at radius 2 is 2.07 bits per heavy atom. The molecule has 15 heavy (non-hydrogen) atoms. The van der Waals surface area contributed by atoms with Crippen molar-refractivity contribution in [1.29, 1.82) is 0 Å². The van der Waals surface area contributed by atoms with Gasteiger partial charge in [-0.2, -0.15) is 0 Å². The smallest absolute Gasteiger partial charge is 0.226 e. The van der Waals surface area contributed by atoms with E-state index in [-0.39, 0.29) is 23.8 Å². The minimum atomic E-state index is 0.0926. The molecule has 1 unspecified atom stereocenters. The van der Waals surface area contributed by atoms with Gasteiger partial charge in [0.25, 0.3) is 0 Å². The lowest BCUT2D eigenvalue weighted by Crippen LogP contribution is -2.46. The lowest BCUT2D eigenvalue weighted by molar-refractivity contribution is -0.138. The van der Waals surface area contributed by atoms with Gasteiger partial charge < -0.3 is 10.0 Å². The fraction of sp³-hybridized carbons (Fsp3) is 0.917. The number of rotatable bonds is 4. The van der Waals surface area contributed by atoms with E-state index < -0.39 is 0 Å². The molecule has 1 amide bonds. The average molecular weight is 211 g/mol. The minimum Gasteiger partial charge on any atom is -0.395 e. The zero-order valence-electron chi connectivity index (χ0n) is 9.70. The SMILES string of the molecule is CC1(C)CC1C(=O)N(CCO)C1CCC1. The fourth-order valence-corrected chi connectivity index (χ4v) is 2.37. The summed E-state index contributed by atoms with van der Waals surface area (Å²) in [6, 6.07) is 0.418. The molecule has 0 aromatic heterocycles. The zero-order valence-corrected chi connectivity index (χ0v) is 9.70. The van der Waals surface area contributed by atoms with Crippen molar-refractivity contribution in [2.45, 2.75) is 45.6 Å². The van der Waals surface area contributed by atoms with Gasteiger partial charge in [0.1, 0.15) is 0 Å². The van der Waals surface area contributed by atoms with Crippen molar-refractivity contribution < 1.29 is 9.90 Å². The highest BCUT2D eigenvalue weighted by molar-refractivity contribution is 5.82. The molecule has 2 rings (SSSR count). The zero-order chi connectivity index (χ0) is 11.1. The van der Waals surface area contributed by atoms with Gasteiger partial charge in [0.2, 0.25) is 5.91 Å². The molecule has 3 heteroatoms. The monoisotopic (exact) mass is 211 g/mol. The molecule has 1 atom stereocenters. The van der Waals surface area contributed by atoms with Crippen LogP contribution in [0.2, 0.25) is 0 Å². The van der Waals surface area contributed by atoms with Crippen molar-refractivity contribution in [2.24, 2.45) is 11.3 Å².